The van der Waals surface area contributed by atoms with Crippen LogP contribution in [0.5, 0.6) is 0 Å². The van der Waals surface area contributed by atoms with Gasteiger partial charge in [0, 0.05) is 24.6 Å². The van der Waals surface area contributed by atoms with E-state index in [1.54, 1.807) is 24.6 Å². The summed E-state index contributed by atoms with van der Waals surface area (Å²) >= 11 is 6.52. The topological polar surface area (TPSA) is 59.6 Å². The van der Waals surface area contributed by atoms with E-state index in [1.807, 2.05) is 0 Å². The monoisotopic (exact) mass is 368 g/mol. The summed E-state index contributed by atoms with van der Waals surface area (Å²) in [6.07, 6.45) is 0. The van der Waals surface area contributed by atoms with Crippen LogP contribution in [0.4, 0.5) is 9.39 Å². The molecule has 128 valence electrons. The number of nitrogens with one attached hydrogen (secondary N) is 2. The first-order valence-corrected chi connectivity index (χ1v) is 8.35. The molecular weight excluding hydrogens is 351 g/mol. The summed E-state index contributed by atoms with van der Waals surface area (Å²) < 4.78 is 22.9. The van der Waals surface area contributed by atoms with Crippen molar-refractivity contribution in [3.63, 3.8) is 0 Å². The average molecular weight is 368 g/mol. The number of esters is 1. The predicted octanol–water partition coefficient (Wildman–Crippen LogP) is 3.27. The normalized spacial score (nSPS) is 10.3. The largest absolute Gasteiger partial charge is 0.465 e. The van der Waals surface area contributed by atoms with Crippen LogP contribution >= 0.6 is 23.6 Å². The van der Waals surface area contributed by atoms with Crippen LogP contribution in [0, 0.1) is 5.82 Å². The summed E-state index contributed by atoms with van der Waals surface area (Å²) in [4.78, 5) is 12.2. The van der Waals surface area contributed by atoms with Crippen LogP contribution in [-0.2, 0) is 9.47 Å². The number of thiocarbonyl (C=S) groups is 1. The minimum absolute atomic E-state index is 0.338. The van der Waals surface area contributed by atoms with Gasteiger partial charge in [-0.3, -0.25) is 0 Å². The standard InChI is InChI=1S/C16H17FN2O3S2/c1-21-8-7-18-16(23)19-14-13(15(20)22-2)12(9-24-14)10-3-5-11(17)6-4-10/h3-6,9H,7-8H2,1-2H3,(H2,18,19,23). The van der Waals surface area contributed by atoms with Crippen LogP contribution in [0.2, 0.25) is 0 Å². The van der Waals surface area contributed by atoms with Gasteiger partial charge in [0.05, 0.1) is 13.7 Å². The number of carbonyl (C=O) groups excluding carboxylic acids is 1. The molecule has 0 atom stereocenters. The summed E-state index contributed by atoms with van der Waals surface area (Å²) in [6, 6.07) is 5.92. The third-order valence-electron chi connectivity index (χ3n) is 3.15. The van der Waals surface area contributed by atoms with Crippen LogP contribution in [-0.4, -0.2) is 38.5 Å². The summed E-state index contributed by atoms with van der Waals surface area (Å²) in [6.45, 7) is 1.06. The average Bonchev–Trinajstić information content (AvgIpc) is 2.98. The van der Waals surface area contributed by atoms with Gasteiger partial charge in [-0.05, 0) is 29.9 Å². The fraction of sp³-hybridized carbons (Fsp3) is 0.250. The van der Waals surface area contributed by atoms with Gasteiger partial charge in [-0.25, -0.2) is 9.18 Å². The Morgan fingerprint density at radius 1 is 1.29 bits per heavy atom. The molecule has 24 heavy (non-hydrogen) atoms. The van der Waals surface area contributed by atoms with E-state index < -0.39 is 5.97 Å². The molecule has 2 aromatic rings. The Labute approximate surface area is 148 Å². The Morgan fingerprint density at radius 2 is 2.00 bits per heavy atom. The minimum atomic E-state index is -0.488. The molecule has 0 spiro atoms. The molecule has 1 aromatic heterocycles. The second-order valence-corrected chi connectivity index (χ2v) is 6.01. The maximum atomic E-state index is 13.1. The zero-order valence-electron chi connectivity index (χ0n) is 13.2. The number of halogens is 1. The van der Waals surface area contributed by atoms with E-state index in [1.165, 1.54) is 30.6 Å². The fourth-order valence-electron chi connectivity index (χ4n) is 2.01. The van der Waals surface area contributed by atoms with Crippen molar-refractivity contribution in [3.05, 3.63) is 41.0 Å². The van der Waals surface area contributed by atoms with Gasteiger partial charge in [-0.2, -0.15) is 0 Å². The molecule has 8 heteroatoms. The molecule has 0 bridgehead atoms. The zero-order chi connectivity index (χ0) is 17.5. The van der Waals surface area contributed by atoms with Crippen LogP contribution in [0.15, 0.2) is 29.6 Å². The van der Waals surface area contributed by atoms with Crippen LogP contribution < -0.4 is 10.6 Å². The van der Waals surface area contributed by atoms with Crippen molar-refractivity contribution in [1.29, 1.82) is 0 Å². The van der Waals surface area contributed by atoms with Crippen molar-refractivity contribution in [2.75, 3.05) is 32.7 Å². The summed E-state index contributed by atoms with van der Waals surface area (Å²) in [5.41, 5.74) is 1.75. The first kappa shape index (κ1) is 18.3. The second kappa shape index (κ2) is 8.72. The Kier molecular flexibility index (Phi) is 6.65. The molecule has 0 fully saturated rings. The van der Waals surface area contributed by atoms with E-state index in [-0.39, 0.29) is 5.82 Å². The molecule has 5 nitrogen and oxygen atoms in total. The second-order valence-electron chi connectivity index (χ2n) is 4.73. The van der Waals surface area contributed by atoms with Gasteiger partial charge in [0.1, 0.15) is 16.4 Å². The zero-order valence-corrected chi connectivity index (χ0v) is 14.9. The number of hydrogen-bond donors (Lipinski definition) is 2. The molecule has 0 amide bonds. The molecule has 2 N–H and O–H groups in total. The summed E-state index contributed by atoms with van der Waals surface area (Å²) in [7, 11) is 2.91. The maximum Gasteiger partial charge on any atom is 0.341 e. The number of carbonyl (C=O) groups is 1. The van der Waals surface area contributed by atoms with E-state index >= 15 is 0 Å². The number of ether oxygens (including phenoxy) is 2. The quantitative estimate of drug-likeness (QED) is 0.464. The molecular formula is C16H17FN2O3S2. The van der Waals surface area contributed by atoms with Crippen molar-refractivity contribution in [1.82, 2.24) is 5.32 Å². The number of thiophene rings is 1. The van der Waals surface area contributed by atoms with Gasteiger partial charge >= 0.3 is 5.97 Å². The SMILES string of the molecule is COCCNC(=S)Nc1scc(-c2ccc(F)cc2)c1C(=O)OC. The lowest BCUT2D eigenvalue weighted by Gasteiger charge is -2.11. The van der Waals surface area contributed by atoms with Gasteiger partial charge in [0.25, 0.3) is 0 Å². The van der Waals surface area contributed by atoms with E-state index in [0.717, 1.165) is 5.56 Å². The molecule has 0 saturated heterocycles. The summed E-state index contributed by atoms with van der Waals surface area (Å²) in [5, 5.41) is 8.72. The van der Waals surface area contributed by atoms with Gasteiger partial charge in [-0.15, -0.1) is 11.3 Å². The first-order valence-electron chi connectivity index (χ1n) is 7.06. The molecule has 0 radical (unpaired) electrons. The Balaban J connectivity index is 2.27. The highest BCUT2D eigenvalue weighted by molar-refractivity contribution is 7.80. The van der Waals surface area contributed by atoms with Gasteiger partial charge < -0.3 is 20.1 Å². The molecule has 1 heterocycles. The van der Waals surface area contributed by atoms with Crippen molar-refractivity contribution in [2.45, 2.75) is 0 Å². The number of benzene rings is 1. The van der Waals surface area contributed by atoms with E-state index in [2.05, 4.69) is 10.6 Å². The molecule has 0 aliphatic rings. The van der Waals surface area contributed by atoms with Crippen molar-refractivity contribution in [2.24, 2.45) is 0 Å². The van der Waals surface area contributed by atoms with E-state index in [4.69, 9.17) is 21.7 Å². The number of rotatable bonds is 6. The minimum Gasteiger partial charge on any atom is -0.465 e. The van der Waals surface area contributed by atoms with Gasteiger partial charge in [0.15, 0.2) is 5.11 Å². The highest BCUT2D eigenvalue weighted by Crippen LogP contribution is 2.36. The summed E-state index contributed by atoms with van der Waals surface area (Å²) in [5.74, 6) is -0.826. The first-order chi connectivity index (χ1) is 11.6. The number of anilines is 1. The molecule has 0 aliphatic heterocycles. The number of methoxy groups -OCH3 is 2. The molecule has 2 rings (SSSR count). The lowest BCUT2D eigenvalue weighted by atomic mass is 10.0. The van der Waals surface area contributed by atoms with Crippen molar-refractivity contribution < 1.29 is 18.7 Å². The highest BCUT2D eigenvalue weighted by atomic mass is 32.1. The third-order valence-corrected chi connectivity index (χ3v) is 4.30. The van der Waals surface area contributed by atoms with Gasteiger partial charge in [0.2, 0.25) is 0 Å². The smallest absolute Gasteiger partial charge is 0.341 e. The Morgan fingerprint density at radius 3 is 2.62 bits per heavy atom. The fourth-order valence-corrected chi connectivity index (χ4v) is 3.24. The Bertz CT molecular complexity index is 717. The maximum absolute atomic E-state index is 13.1. The molecule has 0 saturated carbocycles. The van der Waals surface area contributed by atoms with Crippen LogP contribution in [0.1, 0.15) is 10.4 Å². The molecule has 1 aromatic carbocycles. The van der Waals surface area contributed by atoms with E-state index in [0.29, 0.717) is 34.4 Å². The van der Waals surface area contributed by atoms with Crippen molar-refractivity contribution in [3.8, 4) is 11.1 Å². The van der Waals surface area contributed by atoms with E-state index in [9.17, 15) is 9.18 Å². The Hall–Kier alpha value is -2.03. The van der Waals surface area contributed by atoms with Crippen molar-refractivity contribution >= 4 is 39.6 Å². The van der Waals surface area contributed by atoms with Gasteiger partial charge in [-0.1, -0.05) is 12.1 Å². The predicted molar refractivity (Wildman–Crippen MR) is 97.2 cm³/mol. The molecule has 0 unspecified atom stereocenters. The lowest BCUT2D eigenvalue weighted by Crippen LogP contribution is -2.31. The lowest BCUT2D eigenvalue weighted by molar-refractivity contribution is 0.0603. The molecule has 0 aliphatic carbocycles. The van der Waals surface area contributed by atoms with Crippen LogP contribution in [0.3, 0.4) is 0 Å². The third kappa shape index (κ3) is 4.50. The number of hydrogen-bond acceptors (Lipinski definition) is 5. The van der Waals surface area contributed by atoms with Crippen LogP contribution in [0.25, 0.3) is 11.1 Å². The highest BCUT2D eigenvalue weighted by Gasteiger charge is 2.21.